The van der Waals surface area contributed by atoms with Gasteiger partial charge in [-0.25, -0.2) is 24.9 Å². The quantitative estimate of drug-likeness (QED) is 0.129. The maximum Gasteiger partial charge on any atom is 0.138 e. The van der Waals surface area contributed by atoms with Crippen molar-refractivity contribution in [2.24, 2.45) is 9.98 Å². The smallest absolute Gasteiger partial charge is 0.138 e. The van der Waals surface area contributed by atoms with Gasteiger partial charge in [0.25, 0.3) is 0 Å². The van der Waals surface area contributed by atoms with Gasteiger partial charge >= 0.3 is 0 Å². The van der Waals surface area contributed by atoms with Crippen molar-refractivity contribution >= 4 is 105 Å². The van der Waals surface area contributed by atoms with Crippen molar-refractivity contribution in [3.05, 3.63) is 274 Å². The van der Waals surface area contributed by atoms with Crippen LogP contribution in [0.25, 0.3) is 150 Å². The third kappa shape index (κ3) is 6.85. The number of pyridine rings is 4. The summed E-state index contributed by atoms with van der Waals surface area (Å²) in [6.07, 6.45) is 2.97. The number of hydrogen-bond donors (Lipinski definition) is 4. The number of aromatic amines is 4. The fourth-order valence-electron chi connectivity index (χ4n) is 15.4. The topological polar surface area (TPSA) is 152 Å². The fraction of sp³-hybridized carbons (Fsp3) is 0.0506. The summed E-state index contributed by atoms with van der Waals surface area (Å²) in [5.74, 6) is 0.661. The van der Waals surface area contributed by atoms with Crippen molar-refractivity contribution in [3.63, 3.8) is 0 Å². The minimum absolute atomic E-state index is 0.0333. The second-order valence-corrected chi connectivity index (χ2v) is 24.6. The molecule has 3 atom stereocenters. The molecule has 0 spiro atoms. The number of nitrogens with one attached hydrogen (secondary N) is 4. The molecule has 0 aliphatic carbocycles. The van der Waals surface area contributed by atoms with E-state index in [1.165, 1.54) is 11.1 Å². The number of nitrogens with zero attached hydrogens (tertiary/aromatic N) is 7. The zero-order valence-electron chi connectivity index (χ0n) is 48.0. The summed E-state index contributed by atoms with van der Waals surface area (Å²) in [4.78, 5) is 54.4. The average Bonchev–Trinajstić information content (AvgIpc) is 1.44. The van der Waals surface area contributed by atoms with Crippen molar-refractivity contribution in [2.75, 3.05) is 0 Å². The Bertz CT molecular complexity index is 6050. The Balaban J connectivity index is 0.688. The molecule has 8 aromatic heterocycles. The lowest BCUT2D eigenvalue weighted by Gasteiger charge is -2.20. The molecular formula is C79H47N11. The second kappa shape index (κ2) is 17.8. The van der Waals surface area contributed by atoms with Crippen molar-refractivity contribution in [1.29, 1.82) is 0 Å². The molecule has 3 unspecified atom stereocenters. The summed E-state index contributed by atoms with van der Waals surface area (Å²) >= 11 is 0. The summed E-state index contributed by atoms with van der Waals surface area (Å²) in [6, 6.07) is 80.2. The normalized spacial score (nSPS) is 15.5. The number of fused-ring (bicyclic) bond motifs is 18. The van der Waals surface area contributed by atoms with E-state index in [1.54, 1.807) is 0 Å². The third-order valence-electron chi connectivity index (χ3n) is 19.6. The highest BCUT2D eigenvalue weighted by Gasteiger charge is 2.31. The molecule has 90 heavy (non-hydrogen) atoms. The first kappa shape index (κ1) is 48.2. The van der Waals surface area contributed by atoms with Crippen LogP contribution in [0.1, 0.15) is 51.2 Å². The van der Waals surface area contributed by atoms with Crippen LogP contribution in [0.4, 0.5) is 5.69 Å². The molecule has 418 valence electrons. The van der Waals surface area contributed by atoms with Gasteiger partial charge in [0.1, 0.15) is 5.82 Å². The van der Waals surface area contributed by atoms with Crippen molar-refractivity contribution in [2.45, 2.75) is 24.3 Å². The number of H-pyrrole nitrogens is 4. The lowest BCUT2D eigenvalue weighted by molar-refractivity contribution is 0.709. The van der Waals surface area contributed by atoms with Crippen molar-refractivity contribution in [1.82, 2.24) is 44.9 Å². The second-order valence-electron chi connectivity index (χ2n) is 24.6. The van der Waals surface area contributed by atoms with Crippen molar-refractivity contribution < 1.29 is 0 Å². The van der Waals surface area contributed by atoms with Crippen LogP contribution in [0.5, 0.6) is 0 Å². The Morgan fingerprint density at radius 3 is 1.53 bits per heavy atom. The van der Waals surface area contributed by atoms with Crippen LogP contribution in [-0.2, 0) is 6.42 Å². The largest absolute Gasteiger partial charge is 0.357 e. The van der Waals surface area contributed by atoms with E-state index in [0.29, 0.717) is 6.42 Å². The first-order chi connectivity index (χ1) is 44.5. The van der Waals surface area contributed by atoms with Crippen LogP contribution < -0.4 is 10.6 Å². The van der Waals surface area contributed by atoms with Gasteiger partial charge in [0, 0.05) is 89.0 Å². The van der Waals surface area contributed by atoms with E-state index in [-0.39, 0.29) is 17.9 Å². The molecule has 0 fully saturated rings. The van der Waals surface area contributed by atoms with Crippen LogP contribution in [-0.4, -0.2) is 56.6 Å². The van der Waals surface area contributed by atoms with Gasteiger partial charge in [-0.1, -0.05) is 164 Å². The highest BCUT2D eigenvalue weighted by molar-refractivity contribution is 6.23. The van der Waals surface area contributed by atoms with Crippen LogP contribution in [0.2, 0.25) is 0 Å². The fourth-order valence-corrected chi connectivity index (χ4v) is 15.4. The monoisotopic (exact) mass is 1150 g/mol. The Kier molecular flexibility index (Phi) is 9.55. The highest BCUT2D eigenvalue weighted by atomic mass is 14.9. The van der Waals surface area contributed by atoms with E-state index >= 15 is 0 Å². The first-order valence-corrected chi connectivity index (χ1v) is 30.8. The van der Waals surface area contributed by atoms with Gasteiger partial charge in [-0.2, -0.15) is 0 Å². The molecule has 11 nitrogen and oxygen atoms in total. The number of rotatable bonds is 4. The maximum atomic E-state index is 5.60. The molecule has 11 heteroatoms. The summed E-state index contributed by atoms with van der Waals surface area (Å²) < 4.78 is 0. The number of benzene rings is 9. The number of hydrogen-bond acceptors (Lipinski definition) is 7. The Labute approximate surface area is 512 Å². The Morgan fingerprint density at radius 2 is 0.878 bits per heavy atom. The van der Waals surface area contributed by atoms with Crippen LogP contribution >= 0.6 is 0 Å². The van der Waals surface area contributed by atoms with E-state index in [4.69, 9.17) is 34.9 Å². The summed E-state index contributed by atoms with van der Waals surface area (Å²) in [6.45, 7) is 0. The molecule has 12 heterocycles. The van der Waals surface area contributed by atoms with Gasteiger partial charge in [0.2, 0.25) is 0 Å². The molecule has 21 rings (SSSR count). The minimum atomic E-state index is -0.129. The molecule has 16 bridgehead atoms. The molecule has 17 aromatic rings. The third-order valence-corrected chi connectivity index (χ3v) is 19.6. The van der Waals surface area contributed by atoms with E-state index < -0.39 is 0 Å². The summed E-state index contributed by atoms with van der Waals surface area (Å²) in [5.41, 5.74) is 26.6. The molecule has 0 radical (unpaired) electrons. The van der Waals surface area contributed by atoms with Gasteiger partial charge < -0.3 is 19.9 Å². The van der Waals surface area contributed by atoms with Gasteiger partial charge in [-0.15, -0.1) is 0 Å². The van der Waals surface area contributed by atoms with Crippen molar-refractivity contribution in [3.8, 4) is 56.4 Å². The Morgan fingerprint density at radius 1 is 0.367 bits per heavy atom. The molecule has 0 saturated heterocycles. The van der Waals surface area contributed by atoms with E-state index in [2.05, 4.69) is 250 Å². The standard InChI is InChI=1S/C79H47N11/c1-3-11-41(12-4-1)66-62-35-44-15-7-19-49(68(44)85-62)57-31-27-48-56-39-61(84-72(56)53-28-32-58(81-74(53)73(48)80-57)50-20-8-16-45-36-63(66)86-69(45)50)40-23-25-43(26-24-40)79-89-77-54-29-33-59-51-21-9-17-46-37-64(87-70(46)51)67(42-13-5-2-6-14-42)65-38-47-18-10-22-52(71(47)88-65)60-34-30-55(78(77)90-79)76(83-60)75(54)82-59/h1-38,63,66-67,85,87-88H,39H2,(H,89,90). The van der Waals surface area contributed by atoms with Gasteiger partial charge in [-0.3, -0.25) is 9.98 Å². The van der Waals surface area contributed by atoms with Crippen LogP contribution in [0.15, 0.2) is 234 Å². The van der Waals surface area contributed by atoms with Crippen LogP contribution in [0, 0.1) is 0 Å². The van der Waals surface area contributed by atoms with Crippen LogP contribution in [0.3, 0.4) is 0 Å². The highest BCUT2D eigenvalue weighted by Crippen LogP contribution is 2.46. The molecule has 9 aromatic carbocycles. The predicted molar refractivity (Wildman–Crippen MR) is 361 cm³/mol. The predicted octanol–water partition coefficient (Wildman–Crippen LogP) is 16.6. The van der Waals surface area contributed by atoms with E-state index in [1.807, 2.05) is 0 Å². The zero-order valence-corrected chi connectivity index (χ0v) is 48.0. The van der Waals surface area contributed by atoms with Gasteiger partial charge in [0.05, 0.1) is 107 Å². The minimum Gasteiger partial charge on any atom is -0.357 e. The van der Waals surface area contributed by atoms with E-state index in [0.717, 1.165) is 194 Å². The molecule has 4 aliphatic heterocycles. The lowest BCUT2D eigenvalue weighted by Crippen LogP contribution is -2.23. The summed E-state index contributed by atoms with van der Waals surface area (Å²) in [7, 11) is 0. The molecular weight excluding hydrogens is 1100 g/mol. The van der Waals surface area contributed by atoms with E-state index in [9.17, 15) is 0 Å². The average molecular weight is 1150 g/mol. The Hall–Kier alpha value is -12.0. The first-order valence-electron chi connectivity index (χ1n) is 30.8. The SMILES string of the molecule is C1=c2cccc3c2=NC1C(c1ccccc1)c1cc2cccc(c2[nH]1)-c1ccc2c4c(c5ccc-3nc5c2n1)N=C(c1ccc(-c2nc3c5ccc6nc5c5nc(ccc5c3[nH]2)-c2cccc3cc([nH]c23)C(c2ccccc2)c2cc3cccc-6c3[nH]2)cc1)C4. The molecule has 4 aliphatic rings. The van der Waals surface area contributed by atoms with Gasteiger partial charge in [-0.05, 0) is 94.2 Å². The number of aromatic nitrogens is 9. The molecule has 0 amide bonds. The number of para-hydroxylation sites is 4. The maximum absolute atomic E-state index is 5.60. The lowest BCUT2D eigenvalue weighted by atomic mass is 9.89. The zero-order chi connectivity index (χ0) is 58.4. The molecule has 4 N–H and O–H groups in total. The van der Waals surface area contributed by atoms with Gasteiger partial charge in [0.15, 0.2) is 0 Å². The molecule has 0 saturated carbocycles. The number of imidazole rings is 1. The number of aliphatic imine (C=N–C) groups is 1. The summed E-state index contributed by atoms with van der Waals surface area (Å²) in [5, 5.41) is 9.36.